The van der Waals surface area contributed by atoms with Crippen molar-refractivity contribution in [2.75, 3.05) is 18.4 Å². The van der Waals surface area contributed by atoms with Crippen molar-refractivity contribution in [3.63, 3.8) is 0 Å². The highest BCUT2D eigenvalue weighted by Gasteiger charge is 2.43. The van der Waals surface area contributed by atoms with E-state index in [9.17, 15) is 9.18 Å². The van der Waals surface area contributed by atoms with Gasteiger partial charge in [0.05, 0.1) is 5.92 Å². The zero-order chi connectivity index (χ0) is 18.1. The summed E-state index contributed by atoms with van der Waals surface area (Å²) in [6.07, 6.45) is 0.804. The number of nitrogens with one attached hydrogen (secondary N) is 1. The summed E-state index contributed by atoms with van der Waals surface area (Å²) >= 11 is 0. The van der Waals surface area contributed by atoms with Crippen LogP contribution in [0.3, 0.4) is 0 Å². The molecule has 1 saturated heterocycles. The normalized spacial score (nSPS) is 24.6. The number of piperidine rings is 1. The lowest BCUT2D eigenvalue weighted by Crippen LogP contribution is -2.48. The number of alkyl halides is 1. The van der Waals surface area contributed by atoms with Gasteiger partial charge in [0.1, 0.15) is 5.82 Å². The zero-order valence-corrected chi connectivity index (χ0v) is 14.5. The molecule has 4 rings (SSSR count). The number of Topliss-reactive ketones (excluding diaryl/α,β-unsaturated/α-hetero) is 1. The predicted octanol–water partition coefficient (Wildman–Crippen LogP) is 4.37. The van der Waals surface area contributed by atoms with Gasteiger partial charge < -0.3 is 5.32 Å². The van der Waals surface area contributed by atoms with Crippen LogP contribution in [0.15, 0.2) is 48.5 Å². The monoisotopic (exact) mass is 356 g/mol. The molecule has 2 aliphatic heterocycles. The number of fused-ring (bicyclic) bond motifs is 3. The number of rotatable bonds is 5. The molecule has 2 aromatic carbocycles. The summed E-state index contributed by atoms with van der Waals surface area (Å²) in [4.78, 5) is 14.0. The maximum absolute atomic E-state index is 15.1. The van der Waals surface area contributed by atoms with E-state index in [1.807, 2.05) is 29.2 Å². The fraction of sp³-hybridized carbons (Fsp3) is 0.381. The van der Waals surface area contributed by atoms with E-state index in [2.05, 4.69) is 5.32 Å². The number of ketones is 1. The van der Waals surface area contributed by atoms with Crippen molar-refractivity contribution < 1.29 is 13.6 Å². The summed E-state index contributed by atoms with van der Waals surface area (Å²) in [5.74, 6) is -0.522. The van der Waals surface area contributed by atoms with Gasteiger partial charge >= 0.3 is 0 Å². The minimum atomic E-state index is -1.04. The lowest BCUT2D eigenvalue weighted by Gasteiger charge is -2.38. The average molecular weight is 356 g/mol. The number of carbonyl (C=O) groups is 1. The van der Waals surface area contributed by atoms with Crippen LogP contribution in [0.5, 0.6) is 0 Å². The predicted molar refractivity (Wildman–Crippen MR) is 97.6 cm³/mol. The topological polar surface area (TPSA) is 32.3 Å². The molecule has 1 N–H and O–H groups in total. The van der Waals surface area contributed by atoms with Gasteiger partial charge in [-0.3, -0.25) is 9.69 Å². The van der Waals surface area contributed by atoms with E-state index in [1.54, 1.807) is 0 Å². The summed E-state index contributed by atoms with van der Waals surface area (Å²) in [5, 5.41) is 3.44. The quantitative estimate of drug-likeness (QED) is 0.638. The van der Waals surface area contributed by atoms with Crippen LogP contribution in [-0.2, 0) is 0 Å². The molecule has 136 valence electrons. The molecule has 3 atom stereocenters. The molecule has 3 nitrogen and oxygen atoms in total. The van der Waals surface area contributed by atoms with E-state index < -0.39 is 6.30 Å². The van der Waals surface area contributed by atoms with Crippen LogP contribution in [0, 0.1) is 5.82 Å². The van der Waals surface area contributed by atoms with E-state index in [-0.39, 0.29) is 23.6 Å². The van der Waals surface area contributed by atoms with E-state index in [1.165, 1.54) is 24.3 Å². The van der Waals surface area contributed by atoms with Gasteiger partial charge in [-0.2, -0.15) is 0 Å². The molecule has 1 fully saturated rings. The smallest absolute Gasteiger partial charge is 0.162 e. The second-order valence-electron chi connectivity index (χ2n) is 7.09. The second-order valence-corrected chi connectivity index (χ2v) is 7.09. The SMILES string of the molecule is O=C(CCCN1CCC2Nc3ccccc3C2C1F)c1ccc(F)cc1. The molecule has 2 heterocycles. The lowest BCUT2D eigenvalue weighted by atomic mass is 9.88. The van der Waals surface area contributed by atoms with E-state index in [4.69, 9.17) is 0 Å². The Balaban J connectivity index is 1.35. The lowest BCUT2D eigenvalue weighted by molar-refractivity contribution is 0.0236. The summed E-state index contributed by atoms with van der Waals surface area (Å²) < 4.78 is 28.1. The van der Waals surface area contributed by atoms with Crippen LogP contribution < -0.4 is 5.32 Å². The Bertz CT molecular complexity index is 793. The van der Waals surface area contributed by atoms with Crippen molar-refractivity contribution >= 4 is 11.5 Å². The molecule has 2 aliphatic rings. The Hall–Kier alpha value is -2.27. The Morgan fingerprint density at radius 3 is 2.73 bits per heavy atom. The first-order valence-electron chi connectivity index (χ1n) is 9.16. The molecule has 0 amide bonds. The van der Waals surface area contributed by atoms with Crippen LogP contribution in [0.2, 0.25) is 0 Å². The van der Waals surface area contributed by atoms with Crippen LogP contribution >= 0.6 is 0 Å². The third kappa shape index (κ3) is 3.23. The van der Waals surface area contributed by atoms with Crippen LogP contribution in [0.25, 0.3) is 0 Å². The molecule has 0 saturated carbocycles. The molecule has 0 bridgehead atoms. The largest absolute Gasteiger partial charge is 0.381 e. The number of hydrogen-bond donors (Lipinski definition) is 1. The number of anilines is 1. The molecule has 0 spiro atoms. The number of nitrogens with zero attached hydrogens (tertiary/aromatic N) is 1. The summed E-state index contributed by atoms with van der Waals surface area (Å²) in [5.41, 5.74) is 2.60. The standard InChI is InChI=1S/C21H22F2N2O/c22-15-9-7-14(8-10-15)19(26)6-3-12-25-13-11-18-20(21(25)23)16-4-1-2-5-17(16)24-18/h1-2,4-5,7-10,18,20-21,24H,3,6,11-13H2. The third-order valence-corrected chi connectivity index (χ3v) is 5.48. The number of likely N-dealkylation sites (tertiary alicyclic amines) is 1. The van der Waals surface area contributed by atoms with Crippen LogP contribution in [-0.4, -0.2) is 36.1 Å². The van der Waals surface area contributed by atoms with Crippen LogP contribution in [0.1, 0.15) is 41.1 Å². The van der Waals surface area contributed by atoms with Gasteiger partial charge in [-0.25, -0.2) is 8.78 Å². The number of para-hydroxylation sites is 1. The molecule has 2 aromatic rings. The summed E-state index contributed by atoms with van der Waals surface area (Å²) in [6, 6.07) is 13.7. The third-order valence-electron chi connectivity index (χ3n) is 5.48. The molecule has 0 aliphatic carbocycles. The summed E-state index contributed by atoms with van der Waals surface area (Å²) in [7, 11) is 0. The van der Waals surface area contributed by atoms with Gasteiger partial charge in [0, 0.05) is 36.8 Å². The number of halogens is 2. The molecule has 3 unspecified atom stereocenters. The molecule has 0 aromatic heterocycles. The maximum atomic E-state index is 15.1. The van der Waals surface area contributed by atoms with Crippen molar-refractivity contribution in [2.24, 2.45) is 0 Å². The Morgan fingerprint density at radius 1 is 1.15 bits per heavy atom. The van der Waals surface area contributed by atoms with Crippen molar-refractivity contribution in [3.05, 3.63) is 65.5 Å². The first kappa shape index (κ1) is 17.2. The highest BCUT2D eigenvalue weighted by atomic mass is 19.1. The van der Waals surface area contributed by atoms with Crippen molar-refractivity contribution in [2.45, 2.75) is 37.5 Å². The zero-order valence-electron chi connectivity index (χ0n) is 14.5. The van der Waals surface area contributed by atoms with E-state index in [0.717, 1.165) is 17.7 Å². The van der Waals surface area contributed by atoms with Gasteiger partial charge in [-0.15, -0.1) is 0 Å². The van der Waals surface area contributed by atoms with Gasteiger partial charge in [0.2, 0.25) is 0 Å². The fourth-order valence-electron chi connectivity index (χ4n) is 4.13. The molecule has 0 radical (unpaired) electrons. The molecule has 26 heavy (non-hydrogen) atoms. The van der Waals surface area contributed by atoms with Crippen molar-refractivity contribution in [1.82, 2.24) is 4.90 Å². The van der Waals surface area contributed by atoms with Gasteiger partial charge in [0.25, 0.3) is 0 Å². The number of hydrogen-bond acceptors (Lipinski definition) is 3. The Labute approximate surface area is 152 Å². The Kier molecular flexibility index (Phi) is 4.72. The minimum Gasteiger partial charge on any atom is -0.381 e. The van der Waals surface area contributed by atoms with E-state index in [0.29, 0.717) is 31.5 Å². The van der Waals surface area contributed by atoms with E-state index >= 15 is 4.39 Å². The summed E-state index contributed by atoms with van der Waals surface area (Å²) in [6.45, 7) is 1.24. The minimum absolute atomic E-state index is 0.0248. The molecule has 5 heteroatoms. The van der Waals surface area contributed by atoms with Crippen LogP contribution in [0.4, 0.5) is 14.5 Å². The number of benzene rings is 2. The second kappa shape index (κ2) is 7.16. The number of carbonyl (C=O) groups excluding carboxylic acids is 1. The van der Waals surface area contributed by atoms with Gasteiger partial charge in [-0.05, 0) is 48.7 Å². The highest BCUT2D eigenvalue weighted by molar-refractivity contribution is 5.95. The first-order valence-corrected chi connectivity index (χ1v) is 9.16. The molecular weight excluding hydrogens is 334 g/mol. The maximum Gasteiger partial charge on any atom is 0.162 e. The average Bonchev–Trinajstić information content (AvgIpc) is 3.03. The first-order chi connectivity index (χ1) is 12.6. The van der Waals surface area contributed by atoms with Crippen molar-refractivity contribution in [1.29, 1.82) is 0 Å². The van der Waals surface area contributed by atoms with Crippen molar-refractivity contribution in [3.8, 4) is 0 Å². The Morgan fingerprint density at radius 2 is 1.92 bits per heavy atom. The van der Waals surface area contributed by atoms with Gasteiger partial charge in [-0.1, -0.05) is 18.2 Å². The highest BCUT2D eigenvalue weighted by Crippen LogP contribution is 2.43. The molecular formula is C21H22F2N2O. The van der Waals surface area contributed by atoms with Gasteiger partial charge in [0.15, 0.2) is 12.1 Å². The fourth-order valence-corrected chi connectivity index (χ4v) is 4.13.